The van der Waals surface area contributed by atoms with Crippen molar-refractivity contribution >= 4 is 40.0 Å². The maximum atomic E-state index is 13.2. The summed E-state index contributed by atoms with van der Waals surface area (Å²) in [6.45, 7) is 5.81. The van der Waals surface area contributed by atoms with Crippen LogP contribution in [0, 0.1) is 20.8 Å². The molecule has 0 fully saturated rings. The molecule has 4 rings (SSSR count). The summed E-state index contributed by atoms with van der Waals surface area (Å²) in [6, 6.07) is 10.4. The van der Waals surface area contributed by atoms with Crippen molar-refractivity contribution in [2.24, 2.45) is 0 Å². The van der Waals surface area contributed by atoms with Crippen LogP contribution in [0.4, 0.5) is 5.69 Å². The molecule has 152 valence electrons. The molecule has 7 nitrogen and oxygen atoms in total. The molecule has 4 aromatic rings. The van der Waals surface area contributed by atoms with E-state index in [0.717, 1.165) is 15.3 Å². The molecule has 0 spiro atoms. The molecule has 0 unspecified atom stereocenters. The lowest BCUT2D eigenvalue weighted by Gasteiger charge is -2.09. The van der Waals surface area contributed by atoms with E-state index < -0.39 is 5.97 Å². The Kier molecular flexibility index (Phi) is 5.09. The van der Waals surface area contributed by atoms with Gasteiger partial charge >= 0.3 is 5.97 Å². The number of carbonyl (C=O) groups is 2. The van der Waals surface area contributed by atoms with E-state index in [9.17, 15) is 9.59 Å². The summed E-state index contributed by atoms with van der Waals surface area (Å²) in [4.78, 5) is 31.8. The van der Waals surface area contributed by atoms with Gasteiger partial charge in [0.25, 0.3) is 11.6 Å². The SMILES string of the molecule is COC(=O)c1cccc(NC(=O)c2cc(-c3cc(C)sc3C)nc3onc(C)c23)c1. The predicted molar refractivity (Wildman–Crippen MR) is 115 cm³/mol. The fraction of sp³-hybridized carbons (Fsp3) is 0.182. The molecule has 3 heterocycles. The molecular formula is C22H19N3O4S. The minimum absolute atomic E-state index is 0.307. The van der Waals surface area contributed by atoms with Crippen LogP contribution in [0.3, 0.4) is 0 Å². The summed E-state index contributed by atoms with van der Waals surface area (Å²) >= 11 is 1.67. The van der Waals surface area contributed by atoms with Gasteiger partial charge in [-0.2, -0.15) is 0 Å². The molecule has 0 saturated heterocycles. The normalized spacial score (nSPS) is 10.9. The van der Waals surface area contributed by atoms with Crippen molar-refractivity contribution in [2.75, 3.05) is 12.4 Å². The van der Waals surface area contributed by atoms with Crippen molar-refractivity contribution in [2.45, 2.75) is 20.8 Å². The molecule has 0 aliphatic heterocycles. The lowest BCUT2D eigenvalue weighted by molar-refractivity contribution is 0.0600. The van der Waals surface area contributed by atoms with E-state index >= 15 is 0 Å². The summed E-state index contributed by atoms with van der Waals surface area (Å²) in [5.41, 5.74) is 3.72. The van der Waals surface area contributed by atoms with Gasteiger partial charge in [-0.05, 0) is 51.1 Å². The van der Waals surface area contributed by atoms with E-state index in [2.05, 4.69) is 15.5 Å². The number of hydrogen-bond donors (Lipinski definition) is 1. The van der Waals surface area contributed by atoms with E-state index in [4.69, 9.17) is 9.26 Å². The Bertz CT molecular complexity index is 1290. The number of anilines is 1. The summed E-state index contributed by atoms with van der Waals surface area (Å²) in [5.74, 6) is -0.820. The number of ether oxygens (including phenoxy) is 1. The number of methoxy groups -OCH3 is 1. The van der Waals surface area contributed by atoms with Crippen LogP contribution in [0.2, 0.25) is 0 Å². The number of thiophene rings is 1. The van der Waals surface area contributed by atoms with Crippen molar-refractivity contribution in [1.82, 2.24) is 10.1 Å². The number of pyridine rings is 1. The Balaban J connectivity index is 1.78. The van der Waals surface area contributed by atoms with Gasteiger partial charge in [0.15, 0.2) is 0 Å². The number of aryl methyl sites for hydroxylation is 3. The number of nitrogens with zero attached hydrogens (tertiary/aromatic N) is 2. The van der Waals surface area contributed by atoms with Crippen LogP contribution in [0.5, 0.6) is 0 Å². The van der Waals surface area contributed by atoms with Gasteiger partial charge in [-0.15, -0.1) is 11.3 Å². The molecule has 0 aliphatic carbocycles. The first kappa shape index (κ1) is 19.8. The number of carbonyl (C=O) groups excluding carboxylic acids is 2. The fourth-order valence-corrected chi connectivity index (χ4v) is 4.27. The van der Waals surface area contributed by atoms with Crippen molar-refractivity contribution in [3.8, 4) is 11.3 Å². The van der Waals surface area contributed by atoms with Crippen LogP contribution in [0.25, 0.3) is 22.4 Å². The smallest absolute Gasteiger partial charge is 0.337 e. The Morgan fingerprint density at radius 2 is 1.93 bits per heavy atom. The number of aromatic nitrogens is 2. The van der Waals surface area contributed by atoms with Gasteiger partial charge in [0.05, 0.1) is 35.0 Å². The fourth-order valence-electron chi connectivity index (χ4n) is 3.34. The average Bonchev–Trinajstić information content (AvgIpc) is 3.28. The van der Waals surface area contributed by atoms with Gasteiger partial charge in [-0.25, -0.2) is 9.78 Å². The molecule has 3 aromatic heterocycles. The van der Waals surface area contributed by atoms with Crippen molar-refractivity contribution in [3.05, 3.63) is 63.0 Å². The first-order chi connectivity index (χ1) is 14.4. The van der Waals surface area contributed by atoms with Gasteiger partial charge < -0.3 is 14.6 Å². The number of amides is 1. The Labute approximate surface area is 176 Å². The third-order valence-electron chi connectivity index (χ3n) is 4.72. The van der Waals surface area contributed by atoms with Gasteiger partial charge in [0.1, 0.15) is 0 Å². The Morgan fingerprint density at radius 1 is 1.13 bits per heavy atom. The molecule has 0 aliphatic rings. The lowest BCUT2D eigenvalue weighted by atomic mass is 10.1. The van der Waals surface area contributed by atoms with E-state index in [0.29, 0.717) is 39.3 Å². The highest BCUT2D eigenvalue weighted by atomic mass is 32.1. The molecule has 30 heavy (non-hydrogen) atoms. The maximum Gasteiger partial charge on any atom is 0.337 e. The second kappa shape index (κ2) is 7.72. The van der Waals surface area contributed by atoms with E-state index in [1.165, 1.54) is 7.11 Å². The maximum absolute atomic E-state index is 13.2. The van der Waals surface area contributed by atoms with Crippen LogP contribution in [-0.4, -0.2) is 29.1 Å². The van der Waals surface area contributed by atoms with Crippen molar-refractivity contribution in [3.63, 3.8) is 0 Å². The van der Waals surface area contributed by atoms with Crippen LogP contribution < -0.4 is 5.32 Å². The van der Waals surface area contributed by atoms with E-state index in [1.807, 2.05) is 19.9 Å². The van der Waals surface area contributed by atoms with Crippen molar-refractivity contribution in [1.29, 1.82) is 0 Å². The molecule has 1 aromatic carbocycles. The number of fused-ring (bicyclic) bond motifs is 1. The number of benzene rings is 1. The minimum atomic E-state index is -0.474. The second-order valence-corrected chi connectivity index (χ2v) is 8.32. The average molecular weight is 421 g/mol. The van der Waals surface area contributed by atoms with Crippen LogP contribution in [-0.2, 0) is 4.74 Å². The minimum Gasteiger partial charge on any atom is -0.465 e. The van der Waals surface area contributed by atoms with Gasteiger partial charge in [0.2, 0.25) is 0 Å². The quantitative estimate of drug-likeness (QED) is 0.470. The highest BCUT2D eigenvalue weighted by Gasteiger charge is 2.21. The highest BCUT2D eigenvalue weighted by Crippen LogP contribution is 2.33. The standard InChI is InChI=1S/C22H19N3O4S/c1-11-8-16(13(3)30-11)18-10-17(19-12(2)25-29-21(19)24-18)20(26)23-15-7-5-6-14(9-15)22(27)28-4/h5-10H,1-4H3,(H,23,26). The summed E-state index contributed by atoms with van der Waals surface area (Å²) in [6.07, 6.45) is 0. The second-order valence-electron chi connectivity index (χ2n) is 6.86. The number of hydrogen-bond acceptors (Lipinski definition) is 7. The zero-order valence-corrected chi connectivity index (χ0v) is 17.7. The lowest BCUT2D eigenvalue weighted by Crippen LogP contribution is -2.14. The molecule has 0 saturated carbocycles. The van der Waals surface area contributed by atoms with E-state index in [-0.39, 0.29) is 5.91 Å². The monoisotopic (exact) mass is 421 g/mol. The third kappa shape index (κ3) is 3.57. The van der Waals surface area contributed by atoms with Crippen LogP contribution in [0.1, 0.15) is 36.2 Å². The number of nitrogens with one attached hydrogen (secondary N) is 1. The zero-order chi connectivity index (χ0) is 21.4. The Morgan fingerprint density at radius 3 is 2.63 bits per heavy atom. The number of rotatable bonds is 4. The Hall–Kier alpha value is -3.52. The highest BCUT2D eigenvalue weighted by molar-refractivity contribution is 7.12. The summed E-state index contributed by atoms with van der Waals surface area (Å²) in [7, 11) is 1.31. The molecule has 8 heteroatoms. The molecule has 0 bridgehead atoms. The number of esters is 1. The van der Waals surface area contributed by atoms with E-state index in [1.54, 1.807) is 48.6 Å². The van der Waals surface area contributed by atoms with Gasteiger partial charge in [0, 0.05) is 21.0 Å². The van der Waals surface area contributed by atoms with Crippen LogP contribution in [0.15, 0.2) is 40.9 Å². The predicted octanol–water partition coefficient (Wildman–Crippen LogP) is 4.92. The summed E-state index contributed by atoms with van der Waals surface area (Å²) in [5, 5.41) is 7.38. The topological polar surface area (TPSA) is 94.3 Å². The van der Waals surface area contributed by atoms with Gasteiger partial charge in [-0.1, -0.05) is 11.2 Å². The molecule has 0 atom stereocenters. The van der Waals surface area contributed by atoms with Crippen molar-refractivity contribution < 1.29 is 18.8 Å². The first-order valence-corrected chi connectivity index (χ1v) is 10.0. The third-order valence-corrected chi connectivity index (χ3v) is 5.69. The summed E-state index contributed by atoms with van der Waals surface area (Å²) < 4.78 is 10.1. The molecule has 1 N–H and O–H groups in total. The molecule has 0 radical (unpaired) electrons. The molecule has 1 amide bonds. The largest absolute Gasteiger partial charge is 0.465 e. The van der Waals surface area contributed by atoms with Crippen LogP contribution >= 0.6 is 11.3 Å². The first-order valence-electron chi connectivity index (χ1n) is 9.21. The van der Waals surface area contributed by atoms with Gasteiger partial charge in [-0.3, -0.25) is 4.79 Å². The zero-order valence-electron chi connectivity index (χ0n) is 16.9. The molecular weight excluding hydrogens is 402 g/mol.